The topological polar surface area (TPSA) is 145 Å². The van der Waals surface area contributed by atoms with Gasteiger partial charge in [0.05, 0.1) is 34.9 Å². The lowest BCUT2D eigenvalue weighted by molar-refractivity contribution is -0.274. The Balaban J connectivity index is 1.67. The SMILES string of the molecule is Cc1noc(C)c1C1=CC2(C)c3c(C(=O)N4C[C@@H](C)O[C@@H](C)C4)cc(OC(F)(F)F)cc3N(S(=O)(=O)C3CC3)C2C(C(N)=O)=C1. The van der Waals surface area contributed by atoms with E-state index in [1.165, 1.54) is 11.0 Å². The number of alkyl halides is 3. The average molecular weight is 651 g/mol. The summed E-state index contributed by atoms with van der Waals surface area (Å²) in [5.41, 5.74) is 5.60. The number of hydrogen-bond acceptors (Lipinski definition) is 8. The number of allylic oxidation sites excluding steroid dienone is 2. The monoisotopic (exact) mass is 650 g/mol. The molecule has 6 rings (SSSR count). The van der Waals surface area contributed by atoms with E-state index in [4.69, 9.17) is 15.0 Å². The first-order valence-corrected chi connectivity index (χ1v) is 16.0. The Labute approximate surface area is 257 Å². The zero-order valence-corrected chi connectivity index (χ0v) is 26.1. The van der Waals surface area contributed by atoms with Crippen molar-refractivity contribution < 1.29 is 45.2 Å². The highest BCUT2D eigenvalue weighted by Crippen LogP contribution is 2.57. The highest BCUT2D eigenvalue weighted by Gasteiger charge is 2.59. The number of carbonyl (C=O) groups excluding carboxylic acids is 2. The number of halogens is 3. The maximum absolute atomic E-state index is 14.3. The number of benzene rings is 1. The fourth-order valence-corrected chi connectivity index (χ4v) is 9.10. The van der Waals surface area contributed by atoms with E-state index in [-0.39, 0.29) is 47.7 Å². The molecule has 1 saturated carbocycles. The number of ether oxygens (including phenoxy) is 2. The van der Waals surface area contributed by atoms with E-state index < -0.39 is 50.7 Å². The van der Waals surface area contributed by atoms with Crippen molar-refractivity contribution in [2.75, 3.05) is 17.4 Å². The van der Waals surface area contributed by atoms with Crippen LogP contribution in [0.1, 0.15) is 66.6 Å². The molecule has 0 bridgehead atoms. The predicted molar refractivity (Wildman–Crippen MR) is 156 cm³/mol. The molecule has 15 heteroatoms. The highest BCUT2D eigenvalue weighted by atomic mass is 32.2. The summed E-state index contributed by atoms with van der Waals surface area (Å²) in [6.45, 7) is 8.87. The number of aryl methyl sites for hydroxylation is 2. The van der Waals surface area contributed by atoms with Gasteiger partial charge < -0.3 is 24.6 Å². The van der Waals surface area contributed by atoms with Gasteiger partial charge in [0.2, 0.25) is 15.9 Å². The van der Waals surface area contributed by atoms with Crippen LogP contribution in [0.2, 0.25) is 0 Å². The third kappa shape index (κ3) is 5.19. The molecule has 4 atom stereocenters. The molecule has 0 radical (unpaired) electrons. The van der Waals surface area contributed by atoms with Crippen molar-refractivity contribution in [1.82, 2.24) is 10.1 Å². The first-order valence-electron chi connectivity index (χ1n) is 14.5. The maximum Gasteiger partial charge on any atom is 0.573 e. The Morgan fingerprint density at radius 1 is 1.13 bits per heavy atom. The highest BCUT2D eigenvalue weighted by molar-refractivity contribution is 7.93. The van der Waals surface area contributed by atoms with Crippen molar-refractivity contribution in [1.29, 1.82) is 0 Å². The lowest BCUT2D eigenvalue weighted by Crippen LogP contribution is -2.51. The number of anilines is 1. The second kappa shape index (κ2) is 10.3. The maximum atomic E-state index is 14.3. The Kier molecular flexibility index (Phi) is 7.16. The molecular weight excluding hydrogens is 617 g/mol. The number of hydrogen-bond donors (Lipinski definition) is 1. The van der Waals surface area contributed by atoms with Gasteiger partial charge in [-0.2, -0.15) is 0 Å². The number of nitrogens with zero attached hydrogens (tertiary/aromatic N) is 3. The molecule has 2 aliphatic heterocycles. The van der Waals surface area contributed by atoms with Crippen LogP contribution in [0, 0.1) is 13.8 Å². The molecule has 1 saturated heterocycles. The summed E-state index contributed by atoms with van der Waals surface area (Å²) in [5, 5.41) is 3.19. The van der Waals surface area contributed by atoms with Crippen molar-refractivity contribution >= 4 is 33.1 Å². The van der Waals surface area contributed by atoms with Crippen molar-refractivity contribution in [3.63, 3.8) is 0 Å². The van der Waals surface area contributed by atoms with Gasteiger partial charge in [-0.1, -0.05) is 11.2 Å². The molecule has 11 nitrogen and oxygen atoms in total. The van der Waals surface area contributed by atoms with Gasteiger partial charge in [-0.3, -0.25) is 13.9 Å². The lowest BCUT2D eigenvalue weighted by atomic mass is 9.69. The lowest BCUT2D eigenvalue weighted by Gasteiger charge is -2.39. The standard InChI is InChI=1S/C30H33F3N4O7S/c1-14-12-36(13-15(2)42-14)28(39)21-9-19(43-30(31,32)33)10-23-25(21)29(5)11-18(24-16(3)35-44-17(24)4)8-22(27(34)38)26(29)37(23)45(40,41)20-6-7-20/h8-11,14-15,20,26H,6-7,12-13H2,1-5H3,(H2,34,38)/t14-,15+,26?,29?. The third-order valence-electron chi connectivity index (χ3n) is 8.73. The number of sulfonamides is 1. The molecule has 2 fully saturated rings. The van der Waals surface area contributed by atoms with Crippen LogP contribution in [-0.4, -0.2) is 73.2 Å². The van der Waals surface area contributed by atoms with E-state index in [0.717, 1.165) is 16.4 Å². The summed E-state index contributed by atoms with van der Waals surface area (Å²) in [6.07, 6.45) is -2.02. The molecule has 45 heavy (non-hydrogen) atoms. The van der Waals surface area contributed by atoms with Gasteiger partial charge in [0, 0.05) is 46.8 Å². The Morgan fingerprint density at radius 3 is 2.31 bits per heavy atom. The molecule has 1 aromatic heterocycles. The fourth-order valence-electron chi connectivity index (χ4n) is 7.00. The number of fused-ring (bicyclic) bond motifs is 3. The molecule has 1 aromatic carbocycles. The van der Waals surface area contributed by atoms with Gasteiger partial charge in [0.25, 0.3) is 5.91 Å². The molecular formula is C30H33F3N4O7S. The quantitative estimate of drug-likeness (QED) is 0.496. The Morgan fingerprint density at radius 2 is 1.78 bits per heavy atom. The molecule has 3 heterocycles. The van der Waals surface area contributed by atoms with E-state index in [2.05, 4.69) is 9.89 Å². The first kappa shape index (κ1) is 31.1. The van der Waals surface area contributed by atoms with Crippen LogP contribution in [0.15, 0.2) is 34.4 Å². The zero-order chi connectivity index (χ0) is 32.8. The first-order chi connectivity index (χ1) is 20.9. The number of amides is 2. The molecule has 4 aliphatic rings. The van der Waals surface area contributed by atoms with E-state index in [1.54, 1.807) is 40.7 Å². The van der Waals surface area contributed by atoms with Crippen LogP contribution in [0.25, 0.3) is 5.57 Å². The predicted octanol–water partition coefficient (Wildman–Crippen LogP) is 3.89. The fraction of sp³-hybridized carbons (Fsp3) is 0.500. The second-order valence-corrected chi connectivity index (χ2v) is 14.5. The molecule has 0 spiro atoms. The van der Waals surface area contributed by atoms with Crippen molar-refractivity contribution in [3.8, 4) is 5.75 Å². The number of aromatic nitrogens is 1. The normalized spacial score (nSPS) is 26.6. The third-order valence-corrected chi connectivity index (χ3v) is 11.0. The molecule has 2 amide bonds. The number of nitrogens with two attached hydrogens (primary N) is 1. The van der Waals surface area contributed by atoms with Crippen LogP contribution < -0.4 is 14.8 Å². The largest absolute Gasteiger partial charge is 0.573 e. The minimum absolute atomic E-state index is 0.0965. The zero-order valence-electron chi connectivity index (χ0n) is 25.3. The van der Waals surface area contributed by atoms with Crippen LogP contribution in [0.5, 0.6) is 5.75 Å². The van der Waals surface area contributed by atoms with E-state index in [9.17, 15) is 31.2 Å². The van der Waals surface area contributed by atoms with Crippen molar-refractivity contribution in [3.05, 3.63) is 58.0 Å². The van der Waals surface area contributed by atoms with E-state index >= 15 is 0 Å². The van der Waals surface area contributed by atoms with Gasteiger partial charge in [-0.15, -0.1) is 13.2 Å². The molecule has 2 unspecified atom stereocenters. The summed E-state index contributed by atoms with van der Waals surface area (Å²) >= 11 is 0. The van der Waals surface area contributed by atoms with Crippen LogP contribution in [0.3, 0.4) is 0 Å². The minimum atomic E-state index is -5.14. The van der Waals surface area contributed by atoms with Crippen molar-refractivity contribution in [2.45, 2.75) is 82.7 Å². The van der Waals surface area contributed by atoms with Gasteiger partial charge in [-0.25, -0.2) is 8.42 Å². The average Bonchev–Trinajstić information content (AvgIpc) is 3.67. The summed E-state index contributed by atoms with van der Waals surface area (Å²) < 4.78 is 85.5. The molecule has 2 aromatic rings. The van der Waals surface area contributed by atoms with Gasteiger partial charge in [-0.05, 0) is 65.2 Å². The van der Waals surface area contributed by atoms with Crippen LogP contribution in [0.4, 0.5) is 18.9 Å². The Hall–Kier alpha value is -3.85. The van der Waals surface area contributed by atoms with Crippen LogP contribution >= 0.6 is 0 Å². The summed E-state index contributed by atoms with van der Waals surface area (Å²) in [6, 6.07) is 0.658. The molecule has 2 aliphatic carbocycles. The summed E-state index contributed by atoms with van der Waals surface area (Å²) in [5.74, 6) is -1.91. The smallest absolute Gasteiger partial charge is 0.406 e. The molecule has 2 N–H and O–H groups in total. The summed E-state index contributed by atoms with van der Waals surface area (Å²) in [4.78, 5) is 28.9. The minimum Gasteiger partial charge on any atom is -0.406 e. The van der Waals surface area contributed by atoms with E-state index in [0.29, 0.717) is 35.4 Å². The van der Waals surface area contributed by atoms with Gasteiger partial charge >= 0.3 is 6.36 Å². The van der Waals surface area contributed by atoms with Gasteiger partial charge in [0.1, 0.15) is 11.5 Å². The van der Waals surface area contributed by atoms with Crippen molar-refractivity contribution in [2.24, 2.45) is 5.73 Å². The number of primary amides is 1. The Bertz CT molecular complexity index is 1750. The number of rotatable bonds is 6. The van der Waals surface area contributed by atoms with E-state index in [1.807, 2.05) is 0 Å². The van der Waals surface area contributed by atoms with Crippen LogP contribution in [-0.2, 0) is 25.0 Å². The number of morpholine rings is 1. The summed E-state index contributed by atoms with van der Waals surface area (Å²) in [7, 11) is -4.24. The molecule has 242 valence electrons. The van der Waals surface area contributed by atoms with Gasteiger partial charge in [0.15, 0.2) is 0 Å². The number of carbonyl (C=O) groups is 2. The second-order valence-electron chi connectivity index (χ2n) is 12.4.